The molecule has 0 heterocycles. The minimum atomic E-state index is -0.106. The molecule has 0 radical (unpaired) electrons. The van der Waals surface area contributed by atoms with Crippen molar-refractivity contribution in [2.75, 3.05) is 17.7 Å². The van der Waals surface area contributed by atoms with Crippen molar-refractivity contribution in [3.05, 3.63) is 54.1 Å². The van der Waals surface area contributed by atoms with Gasteiger partial charge in [-0.2, -0.15) is 5.10 Å². The van der Waals surface area contributed by atoms with Gasteiger partial charge < -0.3 is 15.4 Å². The minimum Gasteiger partial charge on any atom is -0.495 e. The molecule has 0 aromatic heterocycles. The second-order valence-corrected chi connectivity index (χ2v) is 5.24. The van der Waals surface area contributed by atoms with Crippen molar-refractivity contribution < 1.29 is 9.53 Å². The summed E-state index contributed by atoms with van der Waals surface area (Å²) < 4.78 is 5.24. The molecule has 0 aliphatic rings. The van der Waals surface area contributed by atoms with Gasteiger partial charge in [-0.1, -0.05) is 24.3 Å². The fourth-order valence-corrected chi connectivity index (χ4v) is 2.08. The zero-order valence-corrected chi connectivity index (χ0v) is 14.2. The maximum Gasteiger partial charge on any atom is 0.221 e. The van der Waals surface area contributed by atoms with E-state index in [0.717, 1.165) is 16.9 Å². The number of amides is 1. The summed E-state index contributed by atoms with van der Waals surface area (Å²) in [5.74, 6) is 0.588. The number of methoxy groups -OCH3 is 1. The molecule has 0 unspecified atom stereocenters. The van der Waals surface area contributed by atoms with Crippen LogP contribution in [0.5, 0.6) is 5.75 Å². The standard InChI is InChI=1S/C17H18N4O2S/c1-12(22)19-14-9-7-13(8-10-14)11-18-21-17(24)20-15-5-3-4-6-16(15)23-2/h3-11H,1-2H3,(H,19,22)(H2,20,21,24)/b18-11+. The van der Waals surface area contributed by atoms with E-state index in [1.807, 2.05) is 36.4 Å². The number of hydrazone groups is 1. The van der Waals surface area contributed by atoms with E-state index in [2.05, 4.69) is 21.2 Å². The Morgan fingerprint density at radius 3 is 2.50 bits per heavy atom. The first-order valence-electron chi connectivity index (χ1n) is 7.19. The van der Waals surface area contributed by atoms with Crippen LogP contribution in [0.1, 0.15) is 12.5 Å². The summed E-state index contributed by atoms with van der Waals surface area (Å²) in [6.45, 7) is 1.47. The molecule has 7 heteroatoms. The summed E-state index contributed by atoms with van der Waals surface area (Å²) in [7, 11) is 1.60. The lowest BCUT2D eigenvalue weighted by Crippen LogP contribution is -2.24. The van der Waals surface area contributed by atoms with Crippen molar-refractivity contribution in [1.29, 1.82) is 0 Å². The quantitative estimate of drug-likeness (QED) is 0.442. The van der Waals surface area contributed by atoms with Crippen LogP contribution in [0.2, 0.25) is 0 Å². The molecule has 3 N–H and O–H groups in total. The van der Waals surface area contributed by atoms with Crippen LogP contribution in [-0.2, 0) is 4.79 Å². The second kappa shape index (κ2) is 8.64. The molecule has 0 saturated carbocycles. The highest BCUT2D eigenvalue weighted by atomic mass is 32.1. The van der Waals surface area contributed by atoms with Crippen molar-refractivity contribution in [2.45, 2.75) is 6.92 Å². The Morgan fingerprint density at radius 2 is 1.83 bits per heavy atom. The zero-order valence-electron chi connectivity index (χ0n) is 13.4. The molecule has 2 aromatic carbocycles. The molecule has 0 fully saturated rings. The molecule has 0 saturated heterocycles. The van der Waals surface area contributed by atoms with Gasteiger partial charge in [-0.15, -0.1) is 0 Å². The molecule has 2 aromatic rings. The van der Waals surface area contributed by atoms with Crippen LogP contribution in [0, 0.1) is 0 Å². The number of thiocarbonyl (C=S) groups is 1. The summed E-state index contributed by atoms with van der Waals surface area (Å²) in [5, 5.41) is 10.1. The van der Waals surface area contributed by atoms with Gasteiger partial charge in [-0.3, -0.25) is 10.2 Å². The van der Waals surface area contributed by atoms with E-state index in [9.17, 15) is 4.79 Å². The topological polar surface area (TPSA) is 74.8 Å². The molecule has 0 atom stereocenters. The molecule has 1 amide bonds. The predicted molar refractivity (Wildman–Crippen MR) is 101 cm³/mol. The summed E-state index contributed by atoms with van der Waals surface area (Å²) in [6.07, 6.45) is 1.63. The van der Waals surface area contributed by atoms with E-state index in [4.69, 9.17) is 17.0 Å². The van der Waals surface area contributed by atoms with Crippen LogP contribution in [0.25, 0.3) is 0 Å². The fourth-order valence-electron chi connectivity index (χ4n) is 1.92. The van der Waals surface area contributed by atoms with E-state index in [0.29, 0.717) is 10.9 Å². The number of benzene rings is 2. The Balaban J connectivity index is 1.89. The lowest BCUT2D eigenvalue weighted by atomic mass is 10.2. The second-order valence-electron chi connectivity index (χ2n) is 4.83. The fraction of sp³-hybridized carbons (Fsp3) is 0.118. The summed E-state index contributed by atoms with van der Waals surface area (Å²) >= 11 is 5.19. The lowest BCUT2D eigenvalue weighted by Gasteiger charge is -2.10. The van der Waals surface area contributed by atoms with Crippen molar-refractivity contribution in [2.24, 2.45) is 5.10 Å². The Hall–Kier alpha value is -2.93. The van der Waals surface area contributed by atoms with E-state index in [1.165, 1.54) is 6.92 Å². The van der Waals surface area contributed by atoms with Gasteiger partial charge in [0.15, 0.2) is 5.11 Å². The Bertz CT molecular complexity index is 745. The first-order valence-corrected chi connectivity index (χ1v) is 7.60. The molecule has 0 spiro atoms. The van der Waals surface area contributed by atoms with E-state index in [1.54, 1.807) is 25.5 Å². The van der Waals surface area contributed by atoms with Gasteiger partial charge in [0, 0.05) is 12.6 Å². The maximum absolute atomic E-state index is 11.0. The van der Waals surface area contributed by atoms with E-state index >= 15 is 0 Å². The van der Waals surface area contributed by atoms with Crippen LogP contribution in [-0.4, -0.2) is 24.3 Å². The number of para-hydroxylation sites is 2. The number of anilines is 2. The smallest absolute Gasteiger partial charge is 0.221 e. The predicted octanol–water partition coefficient (Wildman–Crippen LogP) is 2.97. The number of hydrogen-bond acceptors (Lipinski definition) is 4. The van der Waals surface area contributed by atoms with Gasteiger partial charge in [0.1, 0.15) is 5.75 Å². The number of hydrogen-bond donors (Lipinski definition) is 3. The van der Waals surface area contributed by atoms with E-state index in [-0.39, 0.29) is 5.91 Å². The van der Waals surface area contributed by atoms with Gasteiger partial charge in [-0.05, 0) is 42.0 Å². The largest absolute Gasteiger partial charge is 0.495 e. The summed E-state index contributed by atoms with van der Waals surface area (Å²) in [5.41, 5.74) is 5.11. The highest BCUT2D eigenvalue weighted by Gasteiger charge is 2.02. The third-order valence-electron chi connectivity index (χ3n) is 2.97. The summed E-state index contributed by atoms with van der Waals surface area (Å²) in [4.78, 5) is 11.0. The number of rotatable bonds is 5. The summed E-state index contributed by atoms with van der Waals surface area (Å²) in [6, 6.07) is 14.7. The van der Waals surface area contributed by atoms with Crippen LogP contribution in [0.3, 0.4) is 0 Å². The number of nitrogens with zero attached hydrogens (tertiary/aromatic N) is 1. The van der Waals surface area contributed by atoms with Crippen molar-refractivity contribution in [1.82, 2.24) is 5.43 Å². The van der Waals surface area contributed by atoms with Crippen molar-refractivity contribution in [3.63, 3.8) is 0 Å². The molecule has 0 aliphatic heterocycles. The molecule has 2 rings (SSSR count). The van der Waals surface area contributed by atoms with Crippen LogP contribution < -0.4 is 20.8 Å². The highest BCUT2D eigenvalue weighted by molar-refractivity contribution is 7.80. The number of carbonyl (C=O) groups excluding carboxylic acids is 1. The Labute approximate surface area is 145 Å². The first kappa shape index (κ1) is 17.4. The van der Waals surface area contributed by atoms with Crippen LogP contribution in [0.4, 0.5) is 11.4 Å². The minimum absolute atomic E-state index is 0.106. The molecule has 0 bridgehead atoms. The SMILES string of the molecule is COc1ccccc1NC(=S)N/N=C/c1ccc(NC(C)=O)cc1. The average molecular weight is 342 g/mol. The first-order chi connectivity index (χ1) is 11.6. The highest BCUT2D eigenvalue weighted by Crippen LogP contribution is 2.22. The average Bonchev–Trinajstić information content (AvgIpc) is 2.56. The number of carbonyl (C=O) groups is 1. The zero-order chi connectivity index (χ0) is 17.4. The van der Waals surface area contributed by atoms with Crippen LogP contribution >= 0.6 is 12.2 Å². The van der Waals surface area contributed by atoms with Gasteiger partial charge in [-0.25, -0.2) is 0 Å². The van der Waals surface area contributed by atoms with Crippen molar-refractivity contribution in [3.8, 4) is 5.75 Å². The molecule has 124 valence electrons. The maximum atomic E-state index is 11.0. The van der Waals surface area contributed by atoms with Crippen LogP contribution in [0.15, 0.2) is 53.6 Å². The lowest BCUT2D eigenvalue weighted by molar-refractivity contribution is -0.114. The molecule has 0 aliphatic carbocycles. The number of ether oxygens (including phenoxy) is 1. The third kappa shape index (κ3) is 5.36. The Kier molecular flexibility index (Phi) is 6.27. The van der Waals surface area contributed by atoms with Gasteiger partial charge >= 0.3 is 0 Å². The van der Waals surface area contributed by atoms with Gasteiger partial charge in [0.05, 0.1) is 19.0 Å². The van der Waals surface area contributed by atoms with E-state index < -0.39 is 0 Å². The molecular formula is C17H18N4O2S. The van der Waals surface area contributed by atoms with Crippen molar-refractivity contribution >= 4 is 40.8 Å². The Morgan fingerprint density at radius 1 is 1.12 bits per heavy atom. The molecule has 6 nitrogen and oxygen atoms in total. The monoisotopic (exact) mass is 342 g/mol. The van der Waals surface area contributed by atoms with Gasteiger partial charge in [0.25, 0.3) is 0 Å². The number of nitrogens with one attached hydrogen (secondary N) is 3. The molecular weight excluding hydrogens is 324 g/mol. The van der Waals surface area contributed by atoms with Gasteiger partial charge in [0.2, 0.25) is 5.91 Å². The molecule has 24 heavy (non-hydrogen) atoms. The third-order valence-corrected chi connectivity index (χ3v) is 3.16. The normalized spacial score (nSPS) is 10.2.